The van der Waals surface area contributed by atoms with Crippen LogP contribution in [0, 0.1) is 5.92 Å². The Morgan fingerprint density at radius 1 is 1.69 bits per heavy atom. The zero-order chi connectivity index (χ0) is 9.68. The van der Waals surface area contributed by atoms with E-state index in [2.05, 4.69) is 22.2 Å². The number of nitrogens with two attached hydrogens (primary N) is 1. The number of hydrogen-bond acceptors (Lipinski definition) is 2. The Morgan fingerprint density at radius 2 is 2.46 bits per heavy atom. The molecule has 4 nitrogen and oxygen atoms in total. The highest BCUT2D eigenvalue weighted by molar-refractivity contribution is 5.79. The van der Waals surface area contributed by atoms with E-state index in [4.69, 9.17) is 5.84 Å². The first-order valence-corrected chi connectivity index (χ1v) is 5.00. The van der Waals surface area contributed by atoms with Crippen molar-refractivity contribution in [2.75, 3.05) is 20.1 Å². The standard InChI is InChI=1S/C9H20N4/c1-3-8-5-4-6-13(7-8)9(11-2)12-10/h8H,3-7,10H2,1-2H3,(H,11,12). The van der Waals surface area contributed by atoms with Gasteiger partial charge in [-0.2, -0.15) is 0 Å². The number of nitrogens with one attached hydrogen (secondary N) is 1. The van der Waals surface area contributed by atoms with Gasteiger partial charge >= 0.3 is 0 Å². The molecule has 13 heavy (non-hydrogen) atoms. The highest BCUT2D eigenvalue weighted by Gasteiger charge is 2.20. The monoisotopic (exact) mass is 184 g/mol. The van der Waals surface area contributed by atoms with Crippen molar-refractivity contribution in [3.8, 4) is 0 Å². The van der Waals surface area contributed by atoms with Crippen LogP contribution in [0.2, 0.25) is 0 Å². The lowest BCUT2D eigenvalue weighted by molar-refractivity contribution is 0.247. The number of piperidine rings is 1. The summed E-state index contributed by atoms with van der Waals surface area (Å²) in [6.07, 6.45) is 3.84. The third-order valence-corrected chi connectivity index (χ3v) is 2.74. The molecule has 1 unspecified atom stereocenters. The lowest BCUT2D eigenvalue weighted by Crippen LogP contribution is -2.48. The van der Waals surface area contributed by atoms with Gasteiger partial charge in [-0.3, -0.25) is 10.4 Å². The minimum absolute atomic E-state index is 0.804. The largest absolute Gasteiger partial charge is 0.342 e. The molecular weight excluding hydrogens is 164 g/mol. The zero-order valence-corrected chi connectivity index (χ0v) is 8.58. The van der Waals surface area contributed by atoms with Crippen molar-refractivity contribution in [3.63, 3.8) is 0 Å². The Labute approximate surface area is 80.2 Å². The minimum Gasteiger partial charge on any atom is -0.342 e. The summed E-state index contributed by atoms with van der Waals surface area (Å²) in [6.45, 7) is 4.41. The van der Waals surface area contributed by atoms with E-state index in [1.54, 1.807) is 7.05 Å². The molecule has 1 atom stereocenters. The molecule has 0 amide bonds. The van der Waals surface area contributed by atoms with Crippen molar-refractivity contribution >= 4 is 5.96 Å². The molecule has 0 bridgehead atoms. The average molecular weight is 184 g/mol. The Bertz CT molecular complexity index is 178. The maximum absolute atomic E-state index is 5.38. The summed E-state index contributed by atoms with van der Waals surface area (Å²) in [4.78, 5) is 6.34. The molecule has 0 aromatic heterocycles. The maximum atomic E-state index is 5.38. The topological polar surface area (TPSA) is 53.6 Å². The van der Waals surface area contributed by atoms with E-state index in [0.717, 1.165) is 25.0 Å². The van der Waals surface area contributed by atoms with E-state index in [1.807, 2.05) is 0 Å². The second-order valence-electron chi connectivity index (χ2n) is 3.55. The molecule has 1 aliphatic rings. The van der Waals surface area contributed by atoms with Gasteiger partial charge in [-0.1, -0.05) is 13.3 Å². The Kier molecular flexibility index (Phi) is 4.02. The molecule has 0 spiro atoms. The lowest BCUT2D eigenvalue weighted by Gasteiger charge is -2.33. The van der Waals surface area contributed by atoms with E-state index < -0.39 is 0 Å². The Balaban J connectivity index is 2.50. The van der Waals surface area contributed by atoms with E-state index in [-0.39, 0.29) is 0 Å². The first-order chi connectivity index (χ1) is 6.31. The van der Waals surface area contributed by atoms with Crippen LogP contribution in [-0.4, -0.2) is 31.0 Å². The summed E-state index contributed by atoms with van der Waals surface area (Å²) in [5.74, 6) is 7.00. The molecule has 0 radical (unpaired) electrons. The van der Waals surface area contributed by atoms with Crippen LogP contribution < -0.4 is 11.3 Å². The number of aliphatic imine (C=N–C) groups is 1. The predicted octanol–water partition coefficient (Wildman–Crippen LogP) is 0.558. The van der Waals surface area contributed by atoms with Gasteiger partial charge in [0.1, 0.15) is 0 Å². The average Bonchev–Trinajstić information content (AvgIpc) is 2.20. The van der Waals surface area contributed by atoms with Crippen molar-refractivity contribution in [2.45, 2.75) is 26.2 Å². The first-order valence-electron chi connectivity index (χ1n) is 5.00. The van der Waals surface area contributed by atoms with Crippen molar-refractivity contribution in [1.29, 1.82) is 0 Å². The molecule has 1 heterocycles. The summed E-state index contributed by atoms with van der Waals surface area (Å²) in [6, 6.07) is 0. The molecule has 4 heteroatoms. The van der Waals surface area contributed by atoms with Crippen LogP contribution >= 0.6 is 0 Å². The normalized spacial score (nSPS) is 24.7. The predicted molar refractivity (Wildman–Crippen MR) is 55.3 cm³/mol. The molecule has 1 fully saturated rings. The lowest BCUT2D eigenvalue weighted by atomic mass is 9.96. The van der Waals surface area contributed by atoms with Gasteiger partial charge in [-0.25, -0.2) is 5.84 Å². The molecule has 1 saturated heterocycles. The third kappa shape index (κ3) is 2.59. The Morgan fingerprint density at radius 3 is 3.00 bits per heavy atom. The smallest absolute Gasteiger partial charge is 0.208 e. The van der Waals surface area contributed by atoms with E-state index >= 15 is 0 Å². The zero-order valence-electron chi connectivity index (χ0n) is 8.58. The van der Waals surface area contributed by atoms with Gasteiger partial charge in [0.15, 0.2) is 0 Å². The third-order valence-electron chi connectivity index (χ3n) is 2.74. The van der Waals surface area contributed by atoms with E-state index in [0.29, 0.717) is 0 Å². The molecule has 1 aliphatic heterocycles. The highest BCUT2D eigenvalue weighted by Crippen LogP contribution is 2.18. The number of nitrogens with zero attached hydrogens (tertiary/aromatic N) is 2. The van der Waals surface area contributed by atoms with Crippen LogP contribution in [0.15, 0.2) is 4.99 Å². The van der Waals surface area contributed by atoms with Crippen LogP contribution in [0.5, 0.6) is 0 Å². The molecular formula is C9H20N4. The van der Waals surface area contributed by atoms with Gasteiger partial charge in [-0.05, 0) is 18.8 Å². The molecule has 76 valence electrons. The summed E-state index contributed by atoms with van der Waals surface area (Å²) in [5.41, 5.74) is 2.64. The van der Waals surface area contributed by atoms with Crippen molar-refractivity contribution in [2.24, 2.45) is 16.8 Å². The molecule has 1 rings (SSSR count). The number of guanidine groups is 1. The first kappa shape index (κ1) is 10.3. The van der Waals surface area contributed by atoms with Gasteiger partial charge in [0.2, 0.25) is 5.96 Å². The quantitative estimate of drug-likeness (QED) is 0.271. The molecule has 0 aliphatic carbocycles. The second-order valence-corrected chi connectivity index (χ2v) is 3.55. The van der Waals surface area contributed by atoms with Crippen LogP contribution in [0.1, 0.15) is 26.2 Å². The number of rotatable bonds is 1. The summed E-state index contributed by atoms with van der Waals surface area (Å²) in [7, 11) is 1.77. The molecule has 0 aromatic carbocycles. The maximum Gasteiger partial charge on any atom is 0.208 e. The van der Waals surface area contributed by atoms with Gasteiger partial charge in [0.25, 0.3) is 0 Å². The second kappa shape index (κ2) is 5.07. The van der Waals surface area contributed by atoms with E-state index in [1.165, 1.54) is 19.3 Å². The number of likely N-dealkylation sites (tertiary alicyclic amines) is 1. The fraction of sp³-hybridized carbons (Fsp3) is 0.889. The minimum atomic E-state index is 0.804. The van der Waals surface area contributed by atoms with Gasteiger partial charge in [0, 0.05) is 20.1 Å². The van der Waals surface area contributed by atoms with Gasteiger partial charge in [0.05, 0.1) is 0 Å². The molecule has 3 N–H and O–H groups in total. The van der Waals surface area contributed by atoms with Crippen LogP contribution in [0.25, 0.3) is 0 Å². The van der Waals surface area contributed by atoms with Crippen LogP contribution in [-0.2, 0) is 0 Å². The van der Waals surface area contributed by atoms with Crippen LogP contribution in [0.3, 0.4) is 0 Å². The fourth-order valence-electron chi connectivity index (χ4n) is 1.89. The number of hydrazine groups is 1. The summed E-state index contributed by atoms with van der Waals surface area (Å²) < 4.78 is 0. The fourth-order valence-corrected chi connectivity index (χ4v) is 1.89. The SMILES string of the molecule is CCC1CCCN(C(=NC)NN)C1. The van der Waals surface area contributed by atoms with Crippen molar-refractivity contribution in [1.82, 2.24) is 10.3 Å². The van der Waals surface area contributed by atoms with Crippen LogP contribution in [0.4, 0.5) is 0 Å². The molecule has 0 saturated carbocycles. The number of hydrogen-bond donors (Lipinski definition) is 2. The van der Waals surface area contributed by atoms with E-state index in [9.17, 15) is 0 Å². The highest BCUT2D eigenvalue weighted by atomic mass is 15.4. The summed E-state index contributed by atoms with van der Waals surface area (Å²) in [5, 5.41) is 0. The van der Waals surface area contributed by atoms with Gasteiger partial charge in [-0.15, -0.1) is 0 Å². The Hall–Kier alpha value is -0.770. The van der Waals surface area contributed by atoms with Gasteiger partial charge < -0.3 is 4.90 Å². The summed E-state index contributed by atoms with van der Waals surface area (Å²) >= 11 is 0. The van der Waals surface area contributed by atoms with Crippen molar-refractivity contribution < 1.29 is 0 Å². The molecule has 0 aromatic rings. The van der Waals surface area contributed by atoms with Crippen molar-refractivity contribution in [3.05, 3.63) is 0 Å².